The van der Waals surface area contributed by atoms with Crippen molar-refractivity contribution in [3.8, 4) is 0 Å². The number of hydrogen-bond donors (Lipinski definition) is 2. The first-order valence-electron chi connectivity index (χ1n) is 8.00. The molecule has 1 aliphatic rings. The molecule has 3 N–H and O–H groups in total. The van der Waals surface area contributed by atoms with Gasteiger partial charge in [0, 0.05) is 18.1 Å². The summed E-state index contributed by atoms with van der Waals surface area (Å²) in [7, 11) is 0. The van der Waals surface area contributed by atoms with Gasteiger partial charge in [0.05, 0.1) is 0 Å². The largest absolute Gasteiger partial charge is 0.328 e. The monoisotopic (exact) mass is 274 g/mol. The van der Waals surface area contributed by atoms with Gasteiger partial charge in [-0.05, 0) is 43.1 Å². The summed E-state index contributed by atoms with van der Waals surface area (Å²) in [4.78, 5) is 0. The summed E-state index contributed by atoms with van der Waals surface area (Å²) < 4.78 is 0. The lowest BCUT2D eigenvalue weighted by molar-refractivity contribution is 0.260. The minimum absolute atomic E-state index is 0.332. The lowest BCUT2D eigenvalue weighted by Crippen LogP contribution is -2.40. The Bertz CT molecular complexity index is 386. The van der Waals surface area contributed by atoms with Crippen LogP contribution in [0.3, 0.4) is 0 Å². The predicted octanol–water partition coefficient (Wildman–Crippen LogP) is 4.02. The maximum Gasteiger partial charge on any atom is 0.0327 e. The molecule has 1 aromatic carbocycles. The zero-order chi connectivity index (χ0) is 14.6. The molecule has 1 saturated carbocycles. The average Bonchev–Trinajstić information content (AvgIpc) is 2.40. The standard InChI is InChI=1S/C18H30N2/c1-18(2,3)13-17(14-7-5-4-6-8-14)20-16-11-9-15(19)10-12-16/h4-8,15-17,20H,9-13,19H2,1-3H3. The first-order chi connectivity index (χ1) is 9.44. The number of rotatable bonds is 4. The van der Waals surface area contributed by atoms with E-state index in [0.29, 0.717) is 23.5 Å². The van der Waals surface area contributed by atoms with Crippen molar-refractivity contribution in [2.24, 2.45) is 11.1 Å². The Morgan fingerprint density at radius 3 is 2.25 bits per heavy atom. The molecule has 0 saturated heterocycles. The zero-order valence-corrected chi connectivity index (χ0v) is 13.2. The van der Waals surface area contributed by atoms with E-state index in [-0.39, 0.29) is 0 Å². The Hall–Kier alpha value is -0.860. The van der Waals surface area contributed by atoms with Crippen molar-refractivity contribution in [3.05, 3.63) is 35.9 Å². The summed E-state index contributed by atoms with van der Waals surface area (Å²) in [6.07, 6.45) is 5.92. The molecule has 2 heteroatoms. The van der Waals surface area contributed by atoms with Gasteiger partial charge in [0.1, 0.15) is 0 Å². The van der Waals surface area contributed by atoms with Crippen LogP contribution in [0, 0.1) is 5.41 Å². The third kappa shape index (κ3) is 4.92. The van der Waals surface area contributed by atoms with Gasteiger partial charge in [-0.1, -0.05) is 51.1 Å². The first kappa shape index (κ1) is 15.5. The molecule has 0 amide bonds. The molecule has 0 heterocycles. The molecule has 1 unspecified atom stereocenters. The van der Waals surface area contributed by atoms with E-state index in [1.165, 1.54) is 24.8 Å². The molecular formula is C18H30N2. The van der Waals surface area contributed by atoms with Crippen LogP contribution in [0.4, 0.5) is 0 Å². The molecule has 2 nitrogen and oxygen atoms in total. The predicted molar refractivity (Wildman–Crippen MR) is 86.6 cm³/mol. The van der Waals surface area contributed by atoms with Gasteiger partial charge >= 0.3 is 0 Å². The van der Waals surface area contributed by atoms with Crippen molar-refractivity contribution in [1.82, 2.24) is 5.32 Å². The number of nitrogens with one attached hydrogen (secondary N) is 1. The van der Waals surface area contributed by atoms with E-state index < -0.39 is 0 Å². The van der Waals surface area contributed by atoms with Gasteiger partial charge in [0.2, 0.25) is 0 Å². The molecule has 1 atom stereocenters. The van der Waals surface area contributed by atoms with Crippen LogP contribution < -0.4 is 11.1 Å². The van der Waals surface area contributed by atoms with Crippen molar-refractivity contribution in [2.75, 3.05) is 0 Å². The van der Waals surface area contributed by atoms with Gasteiger partial charge < -0.3 is 11.1 Å². The van der Waals surface area contributed by atoms with E-state index >= 15 is 0 Å². The molecule has 0 bridgehead atoms. The third-order valence-electron chi connectivity index (χ3n) is 4.23. The van der Waals surface area contributed by atoms with E-state index in [1.807, 2.05) is 0 Å². The Balaban J connectivity index is 2.03. The Morgan fingerprint density at radius 2 is 1.70 bits per heavy atom. The second-order valence-electron chi connectivity index (χ2n) is 7.51. The Labute approximate surface area is 124 Å². The van der Waals surface area contributed by atoms with Crippen molar-refractivity contribution in [3.63, 3.8) is 0 Å². The molecule has 0 aliphatic heterocycles. The molecular weight excluding hydrogens is 244 g/mol. The Kier molecular flexibility index (Phi) is 5.22. The van der Waals surface area contributed by atoms with Gasteiger partial charge in [-0.25, -0.2) is 0 Å². The van der Waals surface area contributed by atoms with Crippen LogP contribution >= 0.6 is 0 Å². The van der Waals surface area contributed by atoms with Gasteiger partial charge in [-0.15, -0.1) is 0 Å². The second kappa shape index (κ2) is 6.73. The normalized spacial score (nSPS) is 25.4. The molecule has 20 heavy (non-hydrogen) atoms. The maximum atomic E-state index is 6.01. The summed E-state index contributed by atoms with van der Waals surface area (Å²) in [5, 5.41) is 3.89. The maximum absolute atomic E-state index is 6.01. The smallest absolute Gasteiger partial charge is 0.0327 e. The molecule has 0 aromatic heterocycles. The van der Waals surface area contributed by atoms with Crippen LogP contribution in [0.25, 0.3) is 0 Å². The molecule has 112 valence electrons. The van der Waals surface area contributed by atoms with Crippen LogP contribution in [0.5, 0.6) is 0 Å². The Morgan fingerprint density at radius 1 is 1.10 bits per heavy atom. The minimum Gasteiger partial charge on any atom is -0.328 e. The van der Waals surface area contributed by atoms with Gasteiger partial charge in [0.25, 0.3) is 0 Å². The lowest BCUT2D eigenvalue weighted by atomic mass is 9.84. The number of nitrogens with two attached hydrogens (primary N) is 1. The van der Waals surface area contributed by atoms with Gasteiger partial charge in [-0.2, -0.15) is 0 Å². The van der Waals surface area contributed by atoms with Crippen molar-refractivity contribution >= 4 is 0 Å². The zero-order valence-electron chi connectivity index (χ0n) is 13.2. The van der Waals surface area contributed by atoms with E-state index in [2.05, 4.69) is 56.4 Å². The molecule has 1 fully saturated rings. The molecule has 2 rings (SSSR count). The second-order valence-corrected chi connectivity index (χ2v) is 7.51. The highest BCUT2D eigenvalue weighted by atomic mass is 15.0. The SMILES string of the molecule is CC(C)(C)CC(NC1CCC(N)CC1)c1ccccc1. The van der Waals surface area contributed by atoms with Crippen LogP contribution in [-0.4, -0.2) is 12.1 Å². The topological polar surface area (TPSA) is 38.0 Å². The highest BCUT2D eigenvalue weighted by Gasteiger charge is 2.25. The average molecular weight is 274 g/mol. The fourth-order valence-electron chi connectivity index (χ4n) is 3.14. The third-order valence-corrected chi connectivity index (χ3v) is 4.23. The van der Waals surface area contributed by atoms with Gasteiger partial charge in [-0.3, -0.25) is 0 Å². The van der Waals surface area contributed by atoms with Crippen molar-refractivity contribution < 1.29 is 0 Å². The molecule has 0 spiro atoms. The summed E-state index contributed by atoms with van der Waals surface area (Å²) in [5.74, 6) is 0. The van der Waals surface area contributed by atoms with E-state index in [0.717, 1.165) is 12.8 Å². The summed E-state index contributed by atoms with van der Waals surface area (Å²) >= 11 is 0. The van der Waals surface area contributed by atoms with Crippen molar-refractivity contribution in [1.29, 1.82) is 0 Å². The summed E-state index contributed by atoms with van der Waals surface area (Å²) in [6, 6.07) is 12.4. The van der Waals surface area contributed by atoms with Crippen LogP contribution in [-0.2, 0) is 0 Å². The highest BCUT2D eigenvalue weighted by molar-refractivity contribution is 5.19. The van der Waals surface area contributed by atoms with Gasteiger partial charge in [0.15, 0.2) is 0 Å². The fourth-order valence-corrected chi connectivity index (χ4v) is 3.14. The quantitative estimate of drug-likeness (QED) is 0.870. The molecule has 1 aliphatic carbocycles. The van der Waals surface area contributed by atoms with E-state index in [9.17, 15) is 0 Å². The minimum atomic E-state index is 0.332. The fraction of sp³-hybridized carbons (Fsp3) is 0.667. The molecule has 1 aromatic rings. The highest BCUT2D eigenvalue weighted by Crippen LogP contribution is 2.31. The van der Waals surface area contributed by atoms with Crippen LogP contribution in [0.15, 0.2) is 30.3 Å². The first-order valence-corrected chi connectivity index (χ1v) is 8.00. The summed E-state index contributed by atoms with van der Waals surface area (Å²) in [6.45, 7) is 6.96. The van der Waals surface area contributed by atoms with Crippen LogP contribution in [0.1, 0.15) is 64.5 Å². The molecule has 0 radical (unpaired) electrons. The number of hydrogen-bond acceptors (Lipinski definition) is 2. The lowest BCUT2D eigenvalue weighted by Gasteiger charge is -2.34. The van der Waals surface area contributed by atoms with E-state index in [4.69, 9.17) is 5.73 Å². The van der Waals surface area contributed by atoms with E-state index in [1.54, 1.807) is 0 Å². The van der Waals surface area contributed by atoms with Crippen LogP contribution in [0.2, 0.25) is 0 Å². The number of benzene rings is 1. The summed E-state index contributed by atoms with van der Waals surface area (Å²) in [5.41, 5.74) is 7.76. The van der Waals surface area contributed by atoms with Crippen molar-refractivity contribution in [2.45, 2.75) is 71.0 Å².